The molecule has 0 spiro atoms. The topological polar surface area (TPSA) is 49.3 Å². The first-order valence-corrected chi connectivity index (χ1v) is 9.40. The highest BCUT2D eigenvalue weighted by Crippen LogP contribution is 2.52. The molecule has 3 heteroatoms. The smallest absolute Gasteiger partial charge is 0.335 e. The molecule has 1 aliphatic heterocycles. The van der Waals surface area contributed by atoms with Crippen molar-refractivity contribution in [2.45, 2.75) is 51.0 Å². The van der Waals surface area contributed by atoms with E-state index in [9.17, 15) is 4.79 Å². The third-order valence-corrected chi connectivity index (χ3v) is 5.88. The van der Waals surface area contributed by atoms with Crippen LogP contribution < -0.4 is 5.32 Å². The highest BCUT2D eigenvalue weighted by Gasteiger charge is 2.40. The van der Waals surface area contributed by atoms with E-state index in [1.165, 1.54) is 48.1 Å². The molecule has 2 aromatic carbocycles. The van der Waals surface area contributed by atoms with Crippen LogP contribution in [0.5, 0.6) is 0 Å². The minimum atomic E-state index is -0.865. The van der Waals surface area contributed by atoms with Crippen molar-refractivity contribution in [2.75, 3.05) is 5.32 Å². The molecule has 2 N–H and O–H groups in total. The quantitative estimate of drug-likeness (QED) is 0.788. The Morgan fingerprint density at radius 2 is 1.96 bits per heavy atom. The van der Waals surface area contributed by atoms with Crippen LogP contribution in [0, 0.1) is 5.92 Å². The first-order valence-electron chi connectivity index (χ1n) is 9.40. The third-order valence-electron chi connectivity index (χ3n) is 5.88. The number of aromatic carboxylic acids is 1. The fourth-order valence-corrected chi connectivity index (χ4v) is 4.71. The number of aryl methyl sites for hydroxylation is 1. The summed E-state index contributed by atoms with van der Waals surface area (Å²) in [6, 6.07) is 14.6. The molecule has 1 heterocycles. The Bertz CT molecular complexity index is 781. The number of hydrogen-bond acceptors (Lipinski definition) is 2. The van der Waals surface area contributed by atoms with Crippen molar-refractivity contribution in [2.24, 2.45) is 5.92 Å². The van der Waals surface area contributed by atoms with Gasteiger partial charge in [0, 0.05) is 5.69 Å². The highest BCUT2D eigenvalue weighted by molar-refractivity contribution is 5.87. The van der Waals surface area contributed by atoms with E-state index in [0.717, 1.165) is 6.42 Å². The van der Waals surface area contributed by atoms with Crippen molar-refractivity contribution in [1.29, 1.82) is 0 Å². The van der Waals surface area contributed by atoms with E-state index >= 15 is 0 Å². The maximum absolute atomic E-state index is 11.1. The van der Waals surface area contributed by atoms with Gasteiger partial charge in [0.25, 0.3) is 0 Å². The second-order valence-corrected chi connectivity index (χ2v) is 7.42. The molecule has 4 rings (SSSR count). The largest absolute Gasteiger partial charge is 0.478 e. The average Bonchev–Trinajstić information content (AvgIpc) is 3.11. The zero-order chi connectivity index (χ0) is 17.4. The number of hydrogen-bond donors (Lipinski definition) is 2. The van der Waals surface area contributed by atoms with Crippen LogP contribution in [-0.2, 0) is 6.42 Å². The van der Waals surface area contributed by atoms with Crippen molar-refractivity contribution < 1.29 is 9.90 Å². The molecule has 0 bridgehead atoms. The third kappa shape index (κ3) is 2.92. The lowest BCUT2D eigenvalue weighted by atomic mass is 9.76. The molecule has 0 aromatic heterocycles. The Kier molecular flexibility index (Phi) is 4.24. The molecule has 0 amide bonds. The fourth-order valence-electron chi connectivity index (χ4n) is 4.71. The Labute approximate surface area is 149 Å². The van der Waals surface area contributed by atoms with E-state index in [4.69, 9.17) is 5.11 Å². The summed E-state index contributed by atoms with van der Waals surface area (Å²) < 4.78 is 0. The minimum Gasteiger partial charge on any atom is -0.478 e. The van der Waals surface area contributed by atoms with Crippen LogP contribution in [-0.4, -0.2) is 11.1 Å². The Morgan fingerprint density at radius 3 is 2.68 bits per heavy atom. The van der Waals surface area contributed by atoms with Crippen LogP contribution >= 0.6 is 0 Å². The van der Waals surface area contributed by atoms with Gasteiger partial charge in [0.05, 0.1) is 11.6 Å². The van der Waals surface area contributed by atoms with E-state index in [-0.39, 0.29) is 6.04 Å². The van der Waals surface area contributed by atoms with Crippen molar-refractivity contribution >= 4 is 11.7 Å². The lowest BCUT2D eigenvalue weighted by molar-refractivity contribution is 0.0697. The molecular weight excluding hydrogens is 310 g/mol. The number of carboxylic acid groups (broad SMARTS) is 1. The summed E-state index contributed by atoms with van der Waals surface area (Å²) >= 11 is 0. The van der Waals surface area contributed by atoms with Gasteiger partial charge in [-0.2, -0.15) is 0 Å². The van der Waals surface area contributed by atoms with Crippen LogP contribution in [0.25, 0.3) is 0 Å². The van der Waals surface area contributed by atoms with Gasteiger partial charge >= 0.3 is 5.97 Å². The lowest BCUT2D eigenvalue weighted by Gasteiger charge is -2.38. The maximum atomic E-state index is 11.1. The number of nitrogens with one attached hydrogen (secondary N) is 1. The molecular formula is C22H25NO2. The summed E-state index contributed by atoms with van der Waals surface area (Å²) in [7, 11) is 0. The molecule has 25 heavy (non-hydrogen) atoms. The molecule has 1 aliphatic carbocycles. The Hall–Kier alpha value is -2.29. The number of benzene rings is 2. The molecule has 2 aromatic rings. The van der Waals surface area contributed by atoms with Crippen LogP contribution in [0.4, 0.5) is 5.69 Å². The van der Waals surface area contributed by atoms with Crippen LogP contribution in [0.2, 0.25) is 0 Å². The molecule has 2 aliphatic rings. The zero-order valence-corrected chi connectivity index (χ0v) is 14.7. The summed E-state index contributed by atoms with van der Waals surface area (Å²) in [4.78, 5) is 11.1. The number of carbonyl (C=O) groups is 1. The number of rotatable bonds is 4. The standard InChI is InChI=1S/C22H25NO2/c1-2-4-14-7-12-20-19(13-14)17-5-3-6-18(17)21(23-20)15-8-10-16(11-9-15)22(24)25/h7-13,17-18,21,23H,2-6H2,1H3,(H,24,25)/t17-,18+,21+/m1/s1. The van der Waals surface area contributed by atoms with Gasteiger partial charge < -0.3 is 10.4 Å². The van der Waals surface area contributed by atoms with E-state index in [1.807, 2.05) is 12.1 Å². The average molecular weight is 335 g/mol. The molecule has 1 fully saturated rings. The monoisotopic (exact) mass is 335 g/mol. The summed E-state index contributed by atoms with van der Waals surface area (Å²) in [6.45, 7) is 2.23. The van der Waals surface area contributed by atoms with Crippen molar-refractivity contribution in [1.82, 2.24) is 0 Å². The van der Waals surface area contributed by atoms with E-state index in [0.29, 0.717) is 17.4 Å². The van der Waals surface area contributed by atoms with Gasteiger partial charge in [-0.1, -0.05) is 44.0 Å². The van der Waals surface area contributed by atoms with Crippen molar-refractivity contribution in [3.8, 4) is 0 Å². The molecule has 3 atom stereocenters. The van der Waals surface area contributed by atoms with E-state index < -0.39 is 5.97 Å². The SMILES string of the molecule is CCCc1ccc2c(c1)[C@@H]1CCC[C@@H]1[C@H](c1ccc(C(=O)O)cc1)N2. The van der Waals surface area contributed by atoms with Gasteiger partial charge in [-0.3, -0.25) is 0 Å². The van der Waals surface area contributed by atoms with Gasteiger partial charge in [-0.25, -0.2) is 4.79 Å². The van der Waals surface area contributed by atoms with Gasteiger partial charge in [0.2, 0.25) is 0 Å². The molecule has 1 saturated carbocycles. The number of anilines is 1. The van der Waals surface area contributed by atoms with Crippen molar-refractivity contribution in [3.63, 3.8) is 0 Å². The van der Waals surface area contributed by atoms with Gasteiger partial charge in [-0.05, 0) is 66.0 Å². The molecule has 0 radical (unpaired) electrons. The Morgan fingerprint density at radius 1 is 1.16 bits per heavy atom. The maximum Gasteiger partial charge on any atom is 0.335 e. The van der Waals surface area contributed by atoms with Crippen LogP contribution in [0.1, 0.15) is 71.6 Å². The summed E-state index contributed by atoms with van der Waals surface area (Å²) in [5.41, 5.74) is 5.75. The minimum absolute atomic E-state index is 0.278. The van der Waals surface area contributed by atoms with E-state index in [2.05, 4.69) is 30.4 Å². The van der Waals surface area contributed by atoms with Gasteiger partial charge in [-0.15, -0.1) is 0 Å². The Balaban J connectivity index is 1.68. The fraction of sp³-hybridized carbons (Fsp3) is 0.409. The van der Waals surface area contributed by atoms with Gasteiger partial charge in [0.1, 0.15) is 0 Å². The number of carboxylic acids is 1. The number of fused-ring (bicyclic) bond motifs is 3. The zero-order valence-electron chi connectivity index (χ0n) is 14.7. The highest BCUT2D eigenvalue weighted by atomic mass is 16.4. The summed E-state index contributed by atoms with van der Waals surface area (Å²) in [6.07, 6.45) is 6.10. The molecule has 3 nitrogen and oxygen atoms in total. The molecule has 0 saturated heterocycles. The summed E-state index contributed by atoms with van der Waals surface area (Å²) in [5.74, 6) is 0.355. The first kappa shape index (κ1) is 16.2. The lowest BCUT2D eigenvalue weighted by Crippen LogP contribution is -2.29. The second-order valence-electron chi connectivity index (χ2n) is 7.42. The van der Waals surface area contributed by atoms with E-state index in [1.54, 1.807) is 12.1 Å². The van der Waals surface area contributed by atoms with Crippen molar-refractivity contribution in [3.05, 3.63) is 64.7 Å². The molecule has 0 unspecified atom stereocenters. The predicted octanol–water partition coefficient (Wildman–Crippen LogP) is 5.39. The van der Waals surface area contributed by atoms with Gasteiger partial charge in [0.15, 0.2) is 0 Å². The normalized spacial score (nSPS) is 24.3. The first-order chi connectivity index (χ1) is 12.2. The van der Waals surface area contributed by atoms with Crippen LogP contribution in [0.3, 0.4) is 0 Å². The molecule has 130 valence electrons. The summed E-state index contributed by atoms with van der Waals surface area (Å²) in [5, 5.41) is 12.9. The predicted molar refractivity (Wildman–Crippen MR) is 100 cm³/mol. The van der Waals surface area contributed by atoms with Crippen LogP contribution in [0.15, 0.2) is 42.5 Å². The second kappa shape index (κ2) is 6.55.